The summed E-state index contributed by atoms with van der Waals surface area (Å²) in [6.07, 6.45) is 1.68. The molecular formula is C19H16N6O2. The molecule has 8 heteroatoms. The number of aromatic nitrogens is 5. The summed E-state index contributed by atoms with van der Waals surface area (Å²) in [6, 6.07) is 15.3. The molecule has 2 aromatic heterocycles. The molecule has 0 aliphatic rings. The molecule has 0 atom stereocenters. The summed E-state index contributed by atoms with van der Waals surface area (Å²) >= 11 is 0. The van der Waals surface area contributed by atoms with Crippen molar-refractivity contribution in [2.75, 3.05) is 5.32 Å². The van der Waals surface area contributed by atoms with Gasteiger partial charge in [0.2, 0.25) is 5.82 Å². The van der Waals surface area contributed by atoms with Crippen molar-refractivity contribution in [2.45, 2.75) is 13.8 Å². The molecule has 8 nitrogen and oxygen atoms in total. The van der Waals surface area contributed by atoms with Crippen molar-refractivity contribution < 1.29 is 9.32 Å². The number of rotatable bonds is 4. The zero-order chi connectivity index (χ0) is 18.8. The van der Waals surface area contributed by atoms with E-state index in [0.717, 1.165) is 16.8 Å². The van der Waals surface area contributed by atoms with E-state index >= 15 is 0 Å². The number of amides is 1. The Morgan fingerprint density at radius 3 is 2.63 bits per heavy atom. The van der Waals surface area contributed by atoms with Gasteiger partial charge in [-0.2, -0.15) is 4.98 Å². The predicted molar refractivity (Wildman–Crippen MR) is 98.5 cm³/mol. The second-order valence-corrected chi connectivity index (χ2v) is 6.08. The Bertz CT molecular complexity index is 1100. The van der Waals surface area contributed by atoms with Gasteiger partial charge in [0.15, 0.2) is 5.69 Å². The van der Waals surface area contributed by atoms with E-state index in [9.17, 15) is 4.79 Å². The fourth-order valence-corrected chi connectivity index (χ4v) is 2.50. The van der Waals surface area contributed by atoms with Crippen LogP contribution in [0.15, 0.2) is 59.3 Å². The first-order chi connectivity index (χ1) is 13.1. The largest absolute Gasteiger partial charge is 0.328 e. The third-order valence-electron chi connectivity index (χ3n) is 4.03. The summed E-state index contributed by atoms with van der Waals surface area (Å²) < 4.78 is 6.68. The third kappa shape index (κ3) is 3.45. The smallest absolute Gasteiger partial charge is 0.316 e. The first-order valence-corrected chi connectivity index (χ1v) is 8.30. The van der Waals surface area contributed by atoms with Crippen LogP contribution in [0.2, 0.25) is 0 Å². The lowest BCUT2D eigenvalue weighted by Gasteiger charge is -2.04. The van der Waals surface area contributed by atoms with Crippen LogP contribution in [0.5, 0.6) is 0 Å². The van der Waals surface area contributed by atoms with Crippen LogP contribution in [0.25, 0.3) is 17.2 Å². The zero-order valence-electron chi connectivity index (χ0n) is 14.7. The van der Waals surface area contributed by atoms with E-state index in [1.807, 2.05) is 56.3 Å². The SMILES string of the molecule is Cc1ccc(-n2cc(-c3noc(C(=O)Nc4ccccc4C)n3)nn2)cc1. The molecule has 0 aliphatic carbocycles. The number of aryl methyl sites for hydroxylation is 2. The van der Waals surface area contributed by atoms with E-state index < -0.39 is 5.91 Å². The highest BCUT2D eigenvalue weighted by molar-refractivity contribution is 6.01. The number of carbonyl (C=O) groups is 1. The monoisotopic (exact) mass is 360 g/mol. The minimum absolute atomic E-state index is 0.141. The van der Waals surface area contributed by atoms with Crippen molar-refractivity contribution >= 4 is 11.6 Å². The lowest BCUT2D eigenvalue weighted by Crippen LogP contribution is -2.13. The van der Waals surface area contributed by atoms with E-state index in [2.05, 4.69) is 25.8 Å². The lowest BCUT2D eigenvalue weighted by molar-refractivity contribution is 0.0981. The fourth-order valence-electron chi connectivity index (χ4n) is 2.50. The number of carbonyl (C=O) groups excluding carboxylic acids is 1. The van der Waals surface area contributed by atoms with Gasteiger partial charge in [-0.1, -0.05) is 46.3 Å². The van der Waals surface area contributed by atoms with Crippen molar-refractivity contribution in [3.8, 4) is 17.2 Å². The molecular weight excluding hydrogens is 344 g/mol. The Kier molecular flexibility index (Phi) is 4.21. The Hall–Kier alpha value is -3.81. The first kappa shape index (κ1) is 16.6. The second kappa shape index (κ2) is 6.83. The van der Waals surface area contributed by atoms with Gasteiger partial charge in [0.1, 0.15) is 0 Å². The summed E-state index contributed by atoms with van der Waals surface area (Å²) in [5, 5.41) is 14.7. The Balaban J connectivity index is 1.53. The summed E-state index contributed by atoms with van der Waals surface area (Å²) in [7, 11) is 0. The first-order valence-electron chi connectivity index (χ1n) is 8.30. The predicted octanol–water partition coefficient (Wildman–Crippen LogP) is 3.19. The van der Waals surface area contributed by atoms with Crippen molar-refractivity contribution in [3.63, 3.8) is 0 Å². The molecule has 0 bridgehead atoms. The maximum atomic E-state index is 12.3. The molecule has 2 aromatic carbocycles. The molecule has 0 fully saturated rings. The molecule has 4 rings (SSSR count). The minimum Gasteiger partial charge on any atom is -0.328 e. The van der Waals surface area contributed by atoms with Gasteiger partial charge >= 0.3 is 11.8 Å². The molecule has 1 N–H and O–H groups in total. The van der Waals surface area contributed by atoms with Gasteiger partial charge in [0.25, 0.3) is 0 Å². The van der Waals surface area contributed by atoms with Gasteiger partial charge in [0.05, 0.1) is 11.9 Å². The second-order valence-electron chi connectivity index (χ2n) is 6.08. The number of hydrogen-bond acceptors (Lipinski definition) is 6. The molecule has 1 amide bonds. The molecule has 0 unspecified atom stereocenters. The standard InChI is InChI=1S/C19H16N6O2/c1-12-7-9-14(10-8-12)25-11-16(22-24-25)17-21-19(27-23-17)18(26)20-15-6-4-3-5-13(15)2/h3-11H,1-2H3,(H,20,26). The van der Waals surface area contributed by atoms with E-state index in [0.29, 0.717) is 11.4 Å². The zero-order valence-corrected chi connectivity index (χ0v) is 14.7. The van der Waals surface area contributed by atoms with Crippen molar-refractivity contribution in [1.29, 1.82) is 0 Å². The molecule has 0 aliphatic heterocycles. The van der Waals surface area contributed by atoms with Crippen LogP contribution < -0.4 is 5.32 Å². The number of nitrogens with zero attached hydrogens (tertiary/aromatic N) is 5. The Morgan fingerprint density at radius 2 is 1.85 bits per heavy atom. The van der Waals surface area contributed by atoms with Crippen molar-refractivity contribution in [3.05, 3.63) is 71.7 Å². The number of nitrogens with one attached hydrogen (secondary N) is 1. The average molecular weight is 360 g/mol. The van der Waals surface area contributed by atoms with Crippen LogP contribution in [-0.2, 0) is 0 Å². The van der Waals surface area contributed by atoms with Gasteiger partial charge in [-0.25, -0.2) is 4.68 Å². The third-order valence-corrected chi connectivity index (χ3v) is 4.03. The normalized spacial score (nSPS) is 10.7. The van der Waals surface area contributed by atoms with Gasteiger partial charge in [-0.3, -0.25) is 4.79 Å². The fraction of sp³-hybridized carbons (Fsp3) is 0.105. The lowest BCUT2D eigenvalue weighted by atomic mass is 10.2. The van der Waals surface area contributed by atoms with Crippen LogP contribution in [0.4, 0.5) is 5.69 Å². The van der Waals surface area contributed by atoms with Gasteiger partial charge < -0.3 is 9.84 Å². The number of benzene rings is 2. The summed E-state index contributed by atoms with van der Waals surface area (Å²) in [5.74, 6) is -0.421. The highest BCUT2D eigenvalue weighted by Crippen LogP contribution is 2.17. The minimum atomic E-state index is -0.478. The van der Waals surface area contributed by atoms with Gasteiger partial charge in [-0.05, 0) is 37.6 Å². The molecule has 0 saturated heterocycles. The Morgan fingerprint density at radius 1 is 1.07 bits per heavy atom. The van der Waals surface area contributed by atoms with Crippen LogP contribution >= 0.6 is 0 Å². The molecule has 0 saturated carbocycles. The number of hydrogen-bond donors (Lipinski definition) is 1. The topological polar surface area (TPSA) is 98.7 Å². The van der Waals surface area contributed by atoms with Crippen LogP contribution in [0.3, 0.4) is 0 Å². The highest BCUT2D eigenvalue weighted by atomic mass is 16.5. The Labute approximate surface area is 154 Å². The van der Waals surface area contributed by atoms with Crippen molar-refractivity contribution in [2.24, 2.45) is 0 Å². The van der Waals surface area contributed by atoms with Gasteiger partial charge in [-0.15, -0.1) is 5.10 Å². The molecule has 2 heterocycles. The van der Waals surface area contributed by atoms with Crippen LogP contribution in [0, 0.1) is 13.8 Å². The van der Waals surface area contributed by atoms with Crippen LogP contribution in [-0.4, -0.2) is 31.0 Å². The number of anilines is 1. The summed E-state index contributed by atoms with van der Waals surface area (Å²) in [4.78, 5) is 16.4. The average Bonchev–Trinajstić information content (AvgIpc) is 3.33. The number of para-hydroxylation sites is 1. The van der Waals surface area contributed by atoms with E-state index in [1.54, 1.807) is 16.9 Å². The molecule has 0 spiro atoms. The molecule has 27 heavy (non-hydrogen) atoms. The summed E-state index contributed by atoms with van der Waals surface area (Å²) in [5.41, 5.74) is 4.05. The maximum absolute atomic E-state index is 12.3. The van der Waals surface area contributed by atoms with Crippen LogP contribution in [0.1, 0.15) is 21.8 Å². The highest BCUT2D eigenvalue weighted by Gasteiger charge is 2.19. The van der Waals surface area contributed by atoms with E-state index in [-0.39, 0.29) is 11.7 Å². The molecule has 134 valence electrons. The summed E-state index contributed by atoms with van der Waals surface area (Å²) in [6.45, 7) is 3.91. The van der Waals surface area contributed by atoms with Crippen molar-refractivity contribution in [1.82, 2.24) is 25.1 Å². The quantitative estimate of drug-likeness (QED) is 0.600. The van der Waals surface area contributed by atoms with Gasteiger partial charge in [0, 0.05) is 5.69 Å². The molecule has 4 aromatic rings. The molecule has 0 radical (unpaired) electrons. The van der Waals surface area contributed by atoms with E-state index in [4.69, 9.17) is 4.52 Å². The van der Waals surface area contributed by atoms with E-state index in [1.165, 1.54) is 0 Å². The maximum Gasteiger partial charge on any atom is 0.316 e.